The van der Waals surface area contributed by atoms with Crippen molar-refractivity contribution in [3.63, 3.8) is 0 Å². The number of nitrogens with zero attached hydrogens (tertiary/aromatic N) is 2. The molecule has 0 radical (unpaired) electrons. The lowest BCUT2D eigenvalue weighted by atomic mass is 9.98. The Bertz CT molecular complexity index is 434. The number of anilines is 1. The van der Waals surface area contributed by atoms with Crippen LogP contribution in [0.1, 0.15) is 30.9 Å². The molecule has 0 spiro atoms. The molecule has 1 atom stereocenters. The van der Waals surface area contributed by atoms with Crippen LogP contribution < -0.4 is 10.6 Å². The van der Waals surface area contributed by atoms with E-state index in [9.17, 15) is 5.26 Å². The SMILES string of the molecule is CC1CCCN(c2ccc(CN)cc2C#N)C1. The van der Waals surface area contributed by atoms with Crippen LogP contribution in [0, 0.1) is 17.2 Å². The van der Waals surface area contributed by atoms with Gasteiger partial charge in [-0.2, -0.15) is 5.26 Å². The molecular weight excluding hydrogens is 210 g/mol. The van der Waals surface area contributed by atoms with Crippen molar-refractivity contribution >= 4 is 5.69 Å². The van der Waals surface area contributed by atoms with Crippen molar-refractivity contribution < 1.29 is 0 Å². The van der Waals surface area contributed by atoms with E-state index in [2.05, 4.69) is 17.9 Å². The number of nitrogens with two attached hydrogens (primary N) is 1. The number of rotatable bonds is 2. The first kappa shape index (κ1) is 11.9. The highest BCUT2D eigenvalue weighted by molar-refractivity contribution is 5.60. The molecule has 90 valence electrons. The van der Waals surface area contributed by atoms with Gasteiger partial charge in [-0.1, -0.05) is 13.0 Å². The Morgan fingerprint density at radius 3 is 3.00 bits per heavy atom. The van der Waals surface area contributed by atoms with Crippen molar-refractivity contribution in [1.29, 1.82) is 5.26 Å². The van der Waals surface area contributed by atoms with Crippen LogP contribution in [0.25, 0.3) is 0 Å². The minimum atomic E-state index is 0.491. The van der Waals surface area contributed by atoms with E-state index in [4.69, 9.17) is 5.73 Å². The first-order chi connectivity index (χ1) is 8.24. The molecule has 0 aromatic heterocycles. The van der Waals surface area contributed by atoms with Gasteiger partial charge in [0, 0.05) is 19.6 Å². The molecule has 3 heteroatoms. The van der Waals surface area contributed by atoms with Gasteiger partial charge in [-0.05, 0) is 36.5 Å². The molecule has 1 saturated heterocycles. The van der Waals surface area contributed by atoms with Crippen LogP contribution in [0.5, 0.6) is 0 Å². The molecule has 3 nitrogen and oxygen atoms in total. The molecule has 1 aromatic rings. The minimum absolute atomic E-state index is 0.491. The van der Waals surface area contributed by atoms with Gasteiger partial charge in [-0.3, -0.25) is 0 Å². The molecule has 0 bridgehead atoms. The van der Waals surface area contributed by atoms with Crippen molar-refractivity contribution in [2.45, 2.75) is 26.3 Å². The zero-order chi connectivity index (χ0) is 12.3. The van der Waals surface area contributed by atoms with Gasteiger partial charge in [0.15, 0.2) is 0 Å². The van der Waals surface area contributed by atoms with Crippen LogP contribution in [-0.4, -0.2) is 13.1 Å². The standard InChI is InChI=1S/C14H19N3/c1-11-3-2-6-17(10-11)14-5-4-12(8-15)7-13(14)9-16/h4-5,7,11H,2-3,6,8,10,15H2,1H3. The summed E-state index contributed by atoms with van der Waals surface area (Å²) in [6, 6.07) is 8.26. The normalized spacial score (nSPS) is 20.1. The summed E-state index contributed by atoms with van der Waals surface area (Å²) in [6.07, 6.45) is 2.50. The highest BCUT2D eigenvalue weighted by atomic mass is 15.1. The minimum Gasteiger partial charge on any atom is -0.370 e. The van der Waals surface area contributed by atoms with Crippen LogP contribution in [0.3, 0.4) is 0 Å². The Kier molecular flexibility index (Phi) is 3.65. The number of piperidine rings is 1. The Balaban J connectivity index is 2.28. The summed E-state index contributed by atoms with van der Waals surface area (Å²) < 4.78 is 0. The van der Waals surface area contributed by atoms with Gasteiger partial charge < -0.3 is 10.6 Å². The second-order valence-corrected chi connectivity index (χ2v) is 4.86. The predicted molar refractivity (Wildman–Crippen MR) is 69.7 cm³/mol. The zero-order valence-electron chi connectivity index (χ0n) is 10.3. The van der Waals surface area contributed by atoms with Crippen molar-refractivity contribution in [3.8, 4) is 6.07 Å². The summed E-state index contributed by atoms with van der Waals surface area (Å²) in [6.45, 7) is 4.87. The average Bonchev–Trinajstić information content (AvgIpc) is 2.38. The van der Waals surface area contributed by atoms with Crippen LogP contribution in [0.2, 0.25) is 0 Å². The smallest absolute Gasteiger partial charge is 0.101 e. The van der Waals surface area contributed by atoms with Crippen molar-refractivity contribution in [2.75, 3.05) is 18.0 Å². The maximum Gasteiger partial charge on any atom is 0.101 e. The molecule has 1 aromatic carbocycles. The Labute approximate surface area is 103 Å². The monoisotopic (exact) mass is 229 g/mol. The van der Waals surface area contributed by atoms with E-state index < -0.39 is 0 Å². The van der Waals surface area contributed by atoms with Crippen molar-refractivity contribution in [3.05, 3.63) is 29.3 Å². The molecule has 1 heterocycles. The van der Waals surface area contributed by atoms with E-state index in [1.807, 2.05) is 18.2 Å². The number of hydrogen-bond donors (Lipinski definition) is 1. The summed E-state index contributed by atoms with van der Waals surface area (Å²) >= 11 is 0. The maximum atomic E-state index is 9.22. The number of hydrogen-bond acceptors (Lipinski definition) is 3. The lowest BCUT2D eigenvalue weighted by molar-refractivity contribution is 0.446. The fourth-order valence-electron chi connectivity index (χ4n) is 2.48. The summed E-state index contributed by atoms with van der Waals surface area (Å²) in [7, 11) is 0. The summed E-state index contributed by atoms with van der Waals surface area (Å²) in [5.74, 6) is 0.712. The molecule has 2 rings (SSSR count). The van der Waals surface area contributed by atoms with E-state index in [0.29, 0.717) is 12.5 Å². The van der Waals surface area contributed by atoms with Gasteiger partial charge in [0.2, 0.25) is 0 Å². The highest BCUT2D eigenvalue weighted by Gasteiger charge is 2.18. The van der Waals surface area contributed by atoms with Crippen LogP contribution in [-0.2, 0) is 6.54 Å². The van der Waals surface area contributed by atoms with Gasteiger partial charge in [0.25, 0.3) is 0 Å². The van der Waals surface area contributed by atoms with E-state index >= 15 is 0 Å². The second-order valence-electron chi connectivity index (χ2n) is 4.86. The summed E-state index contributed by atoms with van der Waals surface area (Å²) in [5, 5.41) is 9.22. The molecule has 1 aliphatic rings. The Morgan fingerprint density at radius 2 is 2.35 bits per heavy atom. The van der Waals surface area contributed by atoms with Gasteiger partial charge in [-0.25, -0.2) is 0 Å². The zero-order valence-corrected chi connectivity index (χ0v) is 10.3. The van der Waals surface area contributed by atoms with E-state index in [-0.39, 0.29) is 0 Å². The molecule has 17 heavy (non-hydrogen) atoms. The molecule has 2 N–H and O–H groups in total. The number of nitriles is 1. The quantitative estimate of drug-likeness (QED) is 0.846. The topological polar surface area (TPSA) is 53.0 Å². The third kappa shape index (κ3) is 2.59. The number of benzene rings is 1. The van der Waals surface area contributed by atoms with E-state index in [0.717, 1.165) is 29.9 Å². The fraction of sp³-hybridized carbons (Fsp3) is 0.500. The van der Waals surface area contributed by atoms with Gasteiger partial charge >= 0.3 is 0 Å². The molecule has 0 aliphatic carbocycles. The van der Waals surface area contributed by atoms with E-state index in [1.165, 1.54) is 12.8 Å². The first-order valence-electron chi connectivity index (χ1n) is 6.22. The highest BCUT2D eigenvalue weighted by Crippen LogP contribution is 2.26. The third-order valence-electron chi connectivity index (χ3n) is 3.41. The molecule has 0 amide bonds. The van der Waals surface area contributed by atoms with Crippen LogP contribution >= 0.6 is 0 Å². The maximum absolute atomic E-state index is 9.22. The van der Waals surface area contributed by atoms with Crippen molar-refractivity contribution in [1.82, 2.24) is 0 Å². The average molecular weight is 229 g/mol. The van der Waals surface area contributed by atoms with Crippen molar-refractivity contribution in [2.24, 2.45) is 11.7 Å². The molecular formula is C14H19N3. The van der Waals surface area contributed by atoms with Crippen LogP contribution in [0.15, 0.2) is 18.2 Å². The molecule has 0 saturated carbocycles. The second kappa shape index (κ2) is 5.20. The summed E-state index contributed by atoms with van der Waals surface area (Å²) in [5.41, 5.74) is 8.44. The predicted octanol–water partition coefficient (Wildman–Crippen LogP) is 2.25. The Hall–Kier alpha value is -1.53. The van der Waals surface area contributed by atoms with Crippen LogP contribution in [0.4, 0.5) is 5.69 Å². The molecule has 1 aliphatic heterocycles. The van der Waals surface area contributed by atoms with Gasteiger partial charge in [-0.15, -0.1) is 0 Å². The Morgan fingerprint density at radius 1 is 1.53 bits per heavy atom. The first-order valence-corrected chi connectivity index (χ1v) is 6.22. The lowest BCUT2D eigenvalue weighted by Crippen LogP contribution is -2.34. The molecule has 1 fully saturated rings. The van der Waals surface area contributed by atoms with Gasteiger partial charge in [0.05, 0.1) is 11.3 Å². The fourth-order valence-corrected chi connectivity index (χ4v) is 2.48. The van der Waals surface area contributed by atoms with E-state index in [1.54, 1.807) is 0 Å². The lowest BCUT2D eigenvalue weighted by Gasteiger charge is -2.33. The van der Waals surface area contributed by atoms with Gasteiger partial charge in [0.1, 0.15) is 6.07 Å². The largest absolute Gasteiger partial charge is 0.370 e. The third-order valence-corrected chi connectivity index (χ3v) is 3.41. The molecule has 1 unspecified atom stereocenters. The summed E-state index contributed by atoms with van der Waals surface area (Å²) in [4.78, 5) is 2.33.